The van der Waals surface area contributed by atoms with Gasteiger partial charge in [-0.05, 0) is 24.3 Å². The molecule has 2 heterocycles. The molecule has 0 unspecified atom stereocenters. The van der Waals surface area contributed by atoms with Gasteiger partial charge in [-0.15, -0.1) is 0 Å². The lowest BCUT2D eigenvalue weighted by Gasteiger charge is -2.17. The largest absolute Gasteiger partial charge is 0.488 e. The Morgan fingerprint density at radius 3 is 2.94 bits per heavy atom. The molecule has 1 aliphatic heterocycles. The number of ether oxygens (including phenoxy) is 1. The van der Waals surface area contributed by atoms with Crippen molar-refractivity contribution in [3.63, 3.8) is 0 Å². The van der Waals surface area contributed by atoms with E-state index in [9.17, 15) is 0 Å². The highest BCUT2D eigenvalue weighted by atomic mass is 16.5. The molecule has 0 atom stereocenters. The second kappa shape index (κ2) is 3.81. The molecule has 1 aromatic heterocycles. The molecular weight excluding hydrogens is 198 g/mol. The topological polar surface area (TPSA) is 22.1 Å². The van der Waals surface area contributed by atoms with Crippen molar-refractivity contribution in [2.75, 3.05) is 6.61 Å². The van der Waals surface area contributed by atoms with Crippen LogP contribution in [0.15, 0.2) is 42.5 Å². The molecule has 1 radical (unpaired) electrons. The van der Waals surface area contributed by atoms with Crippen LogP contribution < -0.4 is 4.74 Å². The Hall–Kier alpha value is -2.09. The number of hydrogen-bond donors (Lipinski definition) is 0. The number of nitrogens with zero attached hydrogens (tertiary/aromatic N) is 1. The highest BCUT2D eigenvalue weighted by Crippen LogP contribution is 2.29. The van der Waals surface area contributed by atoms with E-state index >= 15 is 0 Å². The molecule has 2 nitrogen and oxygen atoms in total. The molecule has 2 heteroatoms. The molecule has 0 bridgehead atoms. The summed E-state index contributed by atoms with van der Waals surface area (Å²) in [5, 5.41) is 0. The van der Waals surface area contributed by atoms with Crippen molar-refractivity contribution in [3.05, 3.63) is 59.9 Å². The maximum Gasteiger partial charge on any atom is 0.127 e. The Balaban J connectivity index is 2.04. The second-order valence-electron chi connectivity index (χ2n) is 3.65. The number of para-hydroxylation sites is 1. The Morgan fingerprint density at radius 1 is 1.12 bits per heavy atom. The fourth-order valence-electron chi connectivity index (χ4n) is 1.77. The van der Waals surface area contributed by atoms with Gasteiger partial charge in [-0.2, -0.15) is 0 Å². The third-order valence-corrected chi connectivity index (χ3v) is 2.57. The molecule has 3 rings (SSSR count). The van der Waals surface area contributed by atoms with Crippen LogP contribution in [0.3, 0.4) is 0 Å². The van der Waals surface area contributed by atoms with Gasteiger partial charge in [0.25, 0.3) is 0 Å². The highest BCUT2D eigenvalue weighted by Gasteiger charge is 2.12. The predicted octanol–water partition coefficient (Wildman–Crippen LogP) is 2.81. The van der Waals surface area contributed by atoms with Crippen LogP contribution in [-0.4, -0.2) is 11.6 Å². The first-order valence-corrected chi connectivity index (χ1v) is 5.19. The zero-order chi connectivity index (χ0) is 10.8. The van der Waals surface area contributed by atoms with E-state index in [2.05, 4.69) is 17.3 Å². The fourth-order valence-corrected chi connectivity index (χ4v) is 1.77. The van der Waals surface area contributed by atoms with Crippen LogP contribution in [0.1, 0.15) is 11.3 Å². The minimum absolute atomic E-state index is 0.571. The van der Waals surface area contributed by atoms with Crippen LogP contribution in [-0.2, 0) is 0 Å². The standard InChI is InChI=1S/C14H10NO/c1-2-7-14-11(5-1)9-12(10-16-14)13-6-3-4-8-15-13/h1-7,9H,10H2. The molecule has 0 saturated carbocycles. The van der Waals surface area contributed by atoms with E-state index in [1.165, 1.54) is 0 Å². The van der Waals surface area contributed by atoms with Crippen molar-refractivity contribution >= 4 is 11.6 Å². The van der Waals surface area contributed by atoms with Gasteiger partial charge in [-0.1, -0.05) is 24.3 Å². The van der Waals surface area contributed by atoms with E-state index in [0.29, 0.717) is 6.61 Å². The maximum atomic E-state index is 5.67. The number of benzene rings is 1. The predicted molar refractivity (Wildman–Crippen MR) is 62.9 cm³/mol. The van der Waals surface area contributed by atoms with Crippen LogP contribution in [0.2, 0.25) is 0 Å². The fraction of sp³-hybridized carbons (Fsp3) is 0.0714. The molecule has 0 amide bonds. The molecule has 77 valence electrons. The lowest BCUT2D eigenvalue weighted by Crippen LogP contribution is -2.07. The summed E-state index contributed by atoms with van der Waals surface area (Å²) in [6, 6.07) is 13.7. The van der Waals surface area contributed by atoms with Crippen molar-refractivity contribution in [2.24, 2.45) is 0 Å². The minimum Gasteiger partial charge on any atom is -0.488 e. The third-order valence-electron chi connectivity index (χ3n) is 2.57. The SMILES string of the molecule is [c]1cccc(C2=Cc3ccccc3OC2)n1. The van der Waals surface area contributed by atoms with Crippen LogP contribution in [0.4, 0.5) is 0 Å². The van der Waals surface area contributed by atoms with Crippen molar-refractivity contribution in [2.45, 2.75) is 0 Å². The Kier molecular flexibility index (Phi) is 2.18. The molecule has 0 N–H and O–H groups in total. The first kappa shape index (κ1) is 9.16. The monoisotopic (exact) mass is 208 g/mol. The third kappa shape index (κ3) is 1.58. The van der Waals surface area contributed by atoms with E-state index in [1.54, 1.807) is 6.07 Å². The summed E-state index contributed by atoms with van der Waals surface area (Å²) in [6.07, 6.45) is 4.96. The normalized spacial score (nSPS) is 13.6. The van der Waals surface area contributed by atoms with E-state index in [0.717, 1.165) is 22.6 Å². The quantitative estimate of drug-likeness (QED) is 0.719. The Bertz CT molecular complexity index is 531. The summed E-state index contributed by atoms with van der Waals surface area (Å²) >= 11 is 0. The molecule has 0 saturated heterocycles. The maximum absolute atomic E-state index is 5.67. The second-order valence-corrected chi connectivity index (χ2v) is 3.65. The summed E-state index contributed by atoms with van der Waals surface area (Å²) in [5.74, 6) is 0.936. The molecule has 0 fully saturated rings. The summed E-state index contributed by atoms with van der Waals surface area (Å²) in [5.41, 5.74) is 3.13. The molecular formula is C14H10NO. The molecule has 0 spiro atoms. The summed E-state index contributed by atoms with van der Waals surface area (Å²) in [7, 11) is 0. The van der Waals surface area contributed by atoms with Crippen molar-refractivity contribution in [3.8, 4) is 5.75 Å². The van der Waals surface area contributed by atoms with E-state index in [4.69, 9.17) is 4.74 Å². The Labute approximate surface area is 94.2 Å². The smallest absolute Gasteiger partial charge is 0.127 e. The van der Waals surface area contributed by atoms with Crippen molar-refractivity contribution in [1.82, 2.24) is 4.98 Å². The first-order valence-electron chi connectivity index (χ1n) is 5.19. The van der Waals surface area contributed by atoms with Gasteiger partial charge in [-0.25, -0.2) is 4.98 Å². The average molecular weight is 208 g/mol. The van der Waals surface area contributed by atoms with E-state index < -0.39 is 0 Å². The summed E-state index contributed by atoms with van der Waals surface area (Å²) < 4.78 is 5.67. The number of pyridine rings is 1. The minimum atomic E-state index is 0.571. The zero-order valence-corrected chi connectivity index (χ0v) is 8.68. The van der Waals surface area contributed by atoms with Gasteiger partial charge in [-0.3, -0.25) is 0 Å². The molecule has 1 aromatic carbocycles. The van der Waals surface area contributed by atoms with Gasteiger partial charge in [0.15, 0.2) is 0 Å². The van der Waals surface area contributed by atoms with Gasteiger partial charge < -0.3 is 4.74 Å². The number of aromatic nitrogens is 1. The van der Waals surface area contributed by atoms with Crippen LogP contribution >= 0.6 is 0 Å². The van der Waals surface area contributed by atoms with E-state index in [1.807, 2.05) is 36.4 Å². The molecule has 0 aliphatic carbocycles. The van der Waals surface area contributed by atoms with Gasteiger partial charge >= 0.3 is 0 Å². The molecule has 2 aromatic rings. The number of rotatable bonds is 1. The van der Waals surface area contributed by atoms with Gasteiger partial charge in [0, 0.05) is 11.1 Å². The number of fused-ring (bicyclic) bond motifs is 1. The highest BCUT2D eigenvalue weighted by molar-refractivity contribution is 5.84. The average Bonchev–Trinajstić information content (AvgIpc) is 2.39. The lowest BCUT2D eigenvalue weighted by molar-refractivity contribution is 0.365. The van der Waals surface area contributed by atoms with Crippen molar-refractivity contribution < 1.29 is 4.74 Å². The van der Waals surface area contributed by atoms with E-state index in [-0.39, 0.29) is 0 Å². The lowest BCUT2D eigenvalue weighted by atomic mass is 10.1. The van der Waals surface area contributed by atoms with Crippen LogP contribution in [0, 0.1) is 6.20 Å². The first-order chi connectivity index (χ1) is 7.93. The molecule has 16 heavy (non-hydrogen) atoms. The summed E-state index contributed by atoms with van der Waals surface area (Å²) in [6.45, 7) is 0.571. The molecule has 1 aliphatic rings. The van der Waals surface area contributed by atoms with Gasteiger partial charge in [0.1, 0.15) is 12.4 Å². The van der Waals surface area contributed by atoms with Crippen LogP contribution in [0.5, 0.6) is 5.75 Å². The zero-order valence-electron chi connectivity index (χ0n) is 8.68. The number of hydrogen-bond acceptors (Lipinski definition) is 2. The summed E-state index contributed by atoms with van der Waals surface area (Å²) in [4.78, 5) is 4.20. The Morgan fingerprint density at radius 2 is 2.06 bits per heavy atom. The van der Waals surface area contributed by atoms with Crippen LogP contribution in [0.25, 0.3) is 11.6 Å². The van der Waals surface area contributed by atoms with Gasteiger partial charge in [0.2, 0.25) is 0 Å². The van der Waals surface area contributed by atoms with Gasteiger partial charge in [0.05, 0.1) is 11.9 Å². The van der Waals surface area contributed by atoms with Crippen molar-refractivity contribution in [1.29, 1.82) is 0 Å².